The van der Waals surface area contributed by atoms with Gasteiger partial charge in [-0.25, -0.2) is 18.7 Å². The van der Waals surface area contributed by atoms with Gasteiger partial charge in [0, 0.05) is 73.2 Å². The first-order chi connectivity index (χ1) is 22.7. The SMILES string of the molecule is COc1nc(-c2cccc(-c3cccc(-c4cnc(CNC5CC(F)(F)C5)c(OC)n4)c3Cl)c2Cl)cnc1CNC[C@@H]1CCC(=O)N1. The number of rotatable bonds is 12. The number of amides is 1. The van der Waals surface area contributed by atoms with Crippen molar-refractivity contribution in [3.8, 4) is 45.4 Å². The van der Waals surface area contributed by atoms with E-state index in [1.807, 2.05) is 36.4 Å². The Balaban J connectivity index is 1.22. The van der Waals surface area contributed by atoms with E-state index in [-0.39, 0.29) is 43.3 Å². The third kappa shape index (κ3) is 7.30. The Morgan fingerprint density at radius 1 is 0.872 bits per heavy atom. The van der Waals surface area contributed by atoms with Crippen molar-refractivity contribution in [1.29, 1.82) is 0 Å². The Kier molecular flexibility index (Phi) is 9.83. The molecule has 0 unspecified atom stereocenters. The summed E-state index contributed by atoms with van der Waals surface area (Å²) in [5.74, 6) is -1.90. The maximum absolute atomic E-state index is 13.2. The lowest BCUT2D eigenvalue weighted by Gasteiger charge is -2.35. The van der Waals surface area contributed by atoms with Gasteiger partial charge in [0.2, 0.25) is 17.7 Å². The fourth-order valence-electron chi connectivity index (χ4n) is 5.74. The molecule has 1 saturated carbocycles. The number of halogens is 4. The highest BCUT2D eigenvalue weighted by atomic mass is 35.5. The lowest BCUT2D eigenvalue weighted by molar-refractivity contribution is -0.119. The number of carbonyl (C=O) groups is 1. The lowest BCUT2D eigenvalue weighted by Crippen LogP contribution is -2.48. The summed E-state index contributed by atoms with van der Waals surface area (Å²) < 4.78 is 37.5. The fourth-order valence-corrected chi connectivity index (χ4v) is 6.39. The monoisotopic (exact) mass is 683 g/mol. The predicted molar refractivity (Wildman–Crippen MR) is 175 cm³/mol. The molecule has 3 N–H and O–H groups in total. The molecule has 1 aliphatic heterocycles. The molecule has 4 aromatic rings. The maximum atomic E-state index is 13.2. The van der Waals surface area contributed by atoms with Crippen molar-refractivity contribution < 1.29 is 23.0 Å². The van der Waals surface area contributed by atoms with Crippen LogP contribution in [0.5, 0.6) is 11.8 Å². The molecule has 0 radical (unpaired) electrons. The van der Waals surface area contributed by atoms with E-state index in [1.54, 1.807) is 12.4 Å². The fraction of sp³-hybridized carbons (Fsp3) is 0.364. The van der Waals surface area contributed by atoms with E-state index >= 15 is 0 Å². The van der Waals surface area contributed by atoms with Crippen LogP contribution in [0.2, 0.25) is 10.0 Å². The molecular weight excluding hydrogens is 651 g/mol. The van der Waals surface area contributed by atoms with Gasteiger partial charge in [0.1, 0.15) is 11.4 Å². The summed E-state index contributed by atoms with van der Waals surface area (Å²) in [7, 11) is 3.02. The van der Waals surface area contributed by atoms with Gasteiger partial charge in [0.25, 0.3) is 5.92 Å². The molecule has 1 amide bonds. The predicted octanol–water partition coefficient (Wildman–Crippen LogP) is 5.85. The number of aromatic nitrogens is 4. The Morgan fingerprint density at radius 2 is 1.40 bits per heavy atom. The van der Waals surface area contributed by atoms with Gasteiger partial charge >= 0.3 is 0 Å². The van der Waals surface area contributed by atoms with Gasteiger partial charge in [-0.3, -0.25) is 14.8 Å². The van der Waals surface area contributed by atoms with Crippen molar-refractivity contribution in [3.05, 3.63) is 70.2 Å². The summed E-state index contributed by atoms with van der Waals surface area (Å²) in [4.78, 5) is 29.9. The van der Waals surface area contributed by atoms with E-state index in [2.05, 4.69) is 30.9 Å². The van der Waals surface area contributed by atoms with Crippen molar-refractivity contribution >= 4 is 29.1 Å². The van der Waals surface area contributed by atoms with Gasteiger partial charge in [-0.05, 0) is 6.42 Å². The lowest BCUT2D eigenvalue weighted by atomic mass is 9.88. The van der Waals surface area contributed by atoms with Gasteiger partial charge in [-0.2, -0.15) is 0 Å². The van der Waals surface area contributed by atoms with Crippen LogP contribution in [0.25, 0.3) is 33.6 Å². The smallest absolute Gasteiger partial charge is 0.251 e. The van der Waals surface area contributed by atoms with Crippen LogP contribution < -0.4 is 25.4 Å². The minimum Gasteiger partial charge on any atom is -0.480 e. The highest BCUT2D eigenvalue weighted by Gasteiger charge is 2.45. The topological polar surface area (TPSA) is 123 Å². The van der Waals surface area contributed by atoms with E-state index in [1.165, 1.54) is 14.2 Å². The van der Waals surface area contributed by atoms with Crippen molar-refractivity contribution in [2.45, 2.75) is 56.8 Å². The third-order valence-electron chi connectivity index (χ3n) is 8.27. The maximum Gasteiger partial charge on any atom is 0.251 e. The van der Waals surface area contributed by atoms with Gasteiger partial charge < -0.3 is 25.4 Å². The number of ether oxygens (including phenoxy) is 2. The van der Waals surface area contributed by atoms with E-state index in [9.17, 15) is 13.6 Å². The van der Waals surface area contributed by atoms with E-state index in [0.29, 0.717) is 80.5 Å². The second-order valence-corrected chi connectivity index (χ2v) is 12.3. The van der Waals surface area contributed by atoms with Crippen molar-refractivity contribution in [1.82, 2.24) is 35.9 Å². The zero-order valence-corrected chi connectivity index (χ0v) is 27.3. The number of alkyl halides is 2. The van der Waals surface area contributed by atoms with Crippen LogP contribution in [0.1, 0.15) is 37.1 Å². The van der Waals surface area contributed by atoms with Crippen LogP contribution >= 0.6 is 23.2 Å². The van der Waals surface area contributed by atoms with Crippen molar-refractivity contribution in [2.75, 3.05) is 20.8 Å². The normalized spacial score (nSPS) is 17.3. The molecular formula is C33H33Cl2F2N7O3. The summed E-state index contributed by atoms with van der Waals surface area (Å²) in [6.45, 7) is 1.29. The molecule has 2 aliphatic rings. The van der Waals surface area contributed by atoms with Gasteiger partial charge in [0.05, 0.1) is 48.0 Å². The summed E-state index contributed by atoms with van der Waals surface area (Å²) in [5.41, 5.74) is 4.76. The van der Waals surface area contributed by atoms with Crippen LogP contribution in [-0.4, -0.2) is 64.6 Å². The average molecular weight is 685 g/mol. The van der Waals surface area contributed by atoms with Gasteiger partial charge in [0.15, 0.2) is 0 Å². The molecule has 2 aromatic heterocycles. The number of benzene rings is 2. The Hall–Kier alpha value is -3.97. The largest absolute Gasteiger partial charge is 0.480 e. The van der Waals surface area contributed by atoms with Crippen LogP contribution in [0.4, 0.5) is 8.78 Å². The Labute approximate surface area is 280 Å². The quantitative estimate of drug-likeness (QED) is 0.169. The minimum atomic E-state index is -2.61. The van der Waals surface area contributed by atoms with E-state index < -0.39 is 5.92 Å². The molecule has 0 bridgehead atoms. The number of hydrogen-bond donors (Lipinski definition) is 3. The number of nitrogens with zero attached hydrogens (tertiary/aromatic N) is 4. The zero-order chi connectivity index (χ0) is 33.1. The molecule has 1 saturated heterocycles. The van der Waals surface area contributed by atoms with Crippen LogP contribution in [0, 0.1) is 0 Å². The Bertz CT molecular complexity index is 1790. The van der Waals surface area contributed by atoms with Crippen LogP contribution in [0.3, 0.4) is 0 Å². The van der Waals surface area contributed by atoms with Crippen molar-refractivity contribution in [3.63, 3.8) is 0 Å². The number of carbonyl (C=O) groups excluding carboxylic acids is 1. The number of methoxy groups -OCH3 is 2. The molecule has 47 heavy (non-hydrogen) atoms. The van der Waals surface area contributed by atoms with Crippen molar-refractivity contribution in [2.24, 2.45) is 0 Å². The van der Waals surface area contributed by atoms with Gasteiger partial charge in [-0.1, -0.05) is 59.6 Å². The highest BCUT2D eigenvalue weighted by Crippen LogP contribution is 2.42. The molecule has 0 spiro atoms. The van der Waals surface area contributed by atoms with Gasteiger partial charge in [-0.15, -0.1) is 0 Å². The van der Waals surface area contributed by atoms with Crippen LogP contribution in [0.15, 0.2) is 48.8 Å². The third-order valence-corrected chi connectivity index (χ3v) is 9.08. The highest BCUT2D eigenvalue weighted by molar-refractivity contribution is 6.39. The average Bonchev–Trinajstić information content (AvgIpc) is 3.47. The molecule has 2 aromatic carbocycles. The summed E-state index contributed by atoms with van der Waals surface area (Å²) >= 11 is 14.0. The first-order valence-electron chi connectivity index (χ1n) is 15.1. The first kappa shape index (κ1) is 33.0. The summed E-state index contributed by atoms with van der Waals surface area (Å²) in [5, 5.41) is 10.2. The molecule has 3 heterocycles. The molecule has 1 atom stereocenters. The minimum absolute atomic E-state index is 0.0702. The van der Waals surface area contributed by atoms with E-state index in [0.717, 1.165) is 6.42 Å². The molecule has 1 aliphatic carbocycles. The second kappa shape index (κ2) is 14.0. The molecule has 10 nitrogen and oxygen atoms in total. The first-order valence-corrected chi connectivity index (χ1v) is 15.9. The zero-order valence-electron chi connectivity index (χ0n) is 25.7. The second-order valence-electron chi connectivity index (χ2n) is 11.5. The Morgan fingerprint density at radius 3 is 1.89 bits per heavy atom. The molecule has 2 fully saturated rings. The number of nitrogens with one attached hydrogen (secondary N) is 3. The molecule has 6 rings (SSSR count). The van der Waals surface area contributed by atoms with E-state index in [4.69, 9.17) is 37.7 Å². The molecule has 246 valence electrons. The number of hydrogen-bond acceptors (Lipinski definition) is 9. The van der Waals surface area contributed by atoms with Crippen LogP contribution in [-0.2, 0) is 17.9 Å². The summed E-state index contributed by atoms with van der Waals surface area (Å²) in [6.07, 6.45) is 4.19. The molecule has 14 heteroatoms. The summed E-state index contributed by atoms with van der Waals surface area (Å²) in [6, 6.07) is 10.9. The standard InChI is InChI=1S/C33H33Cl2F2N7O3/c1-46-31-26(14-38-13-18-9-10-28(45)42-18)40-15-24(43-31)22-7-3-5-20(29(22)34)21-6-4-8-23(30(21)35)25-16-41-27(32(44-25)47-2)17-39-19-11-33(36,37)12-19/h3-8,15-16,18-19,38-39H,9-14,17H2,1-2H3,(H,42,45)/t18-/m0/s1.